The summed E-state index contributed by atoms with van der Waals surface area (Å²) in [7, 11) is 1.34. The van der Waals surface area contributed by atoms with Gasteiger partial charge in [-0.1, -0.05) is 0 Å². The number of aryl methyl sites for hydroxylation is 1. The van der Waals surface area contributed by atoms with Crippen LogP contribution < -0.4 is 10.1 Å². The maximum Gasteiger partial charge on any atom is 0.388 e. The summed E-state index contributed by atoms with van der Waals surface area (Å²) in [6.45, 7) is -1.95. The van der Waals surface area contributed by atoms with E-state index in [1.807, 2.05) is 0 Å². The van der Waals surface area contributed by atoms with E-state index < -0.39 is 41.6 Å². The molecule has 1 aromatic carbocycles. The molecule has 0 saturated heterocycles. The zero-order valence-corrected chi connectivity index (χ0v) is 18.1. The fourth-order valence-electron chi connectivity index (χ4n) is 3.64. The van der Waals surface area contributed by atoms with E-state index in [-0.39, 0.29) is 33.6 Å². The molecule has 180 valence electrons. The van der Waals surface area contributed by atoms with Crippen molar-refractivity contribution < 1.29 is 37.0 Å². The topological polar surface area (TPSA) is 106 Å². The summed E-state index contributed by atoms with van der Waals surface area (Å²) < 4.78 is 60.0. The van der Waals surface area contributed by atoms with Crippen molar-refractivity contribution in [2.45, 2.75) is 13.5 Å². The highest BCUT2D eigenvalue weighted by molar-refractivity contribution is 6.07. The molecule has 1 amide bonds. The Labute approximate surface area is 194 Å². The first-order valence-corrected chi connectivity index (χ1v) is 10.0. The van der Waals surface area contributed by atoms with Crippen LogP contribution in [0.1, 0.15) is 26.4 Å². The summed E-state index contributed by atoms with van der Waals surface area (Å²) in [5, 5.41) is 16.1. The second kappa shape index (κ2) is 9.05. The predicted octanol–water partition coefficient (Wildman–Crippen LogP) is 4.31. The molecular formula is C23H16F4N4O4. The molecule has 35 heavy (non-hydrogen) atoms. The quantitative estimate of drug-likeness (QED) is 0.392. The fourth-order valence-corrected chi connectivity index (χ4v) is 3.64. The number of ether oxygens (including phenoxy) is 1. The first kappa shape index (κ1) is 23.7. The van der Waals surface area contributed by atoms with Gasteiger partial charge in [-0.2, -0.15) is 13.9 Å². The number of carboxylic acids is 1. The third-order valence-corrected chi connectivity index (χ3v) is 5.21. The highest BCUT2D eigenvalue weighted by Gasteiger charge is 2.27. The third kappa shape index (κ3) is 4.25. The number of amides is 1. The zero-order chi connectivity index (χ0) is 25.4. The lowest BCUT2D eigenvalue weighted by atomic mass is 10.00. The Kier molecular flexibility index (Phi) is 6.12. The summed E-state index contributed by atoms with van der Waals surface area (Å²) in [6, 6.07) is 7.35. The van der Waals surface area contributed by atoms with Gasteiger partial charge in [-0.15, -0.1) is 0 Å². The van der Waals surface area contributed by atoms with Gasteiger partial charge in [0.2, 0.25) is 5.88 Å². The van der Waals surface area contributed by atoms with Gasteiger partial charge in [0.15, 0.2) is 5.82 Å². The fraction of sp³-hybridized carbons (Fsp3) is 0.130. The van der Waals surface area contributed by atoms with Crippen molar-refractivity contribution in [2.75, 3.05) is 7.05 Å². The SMILES string of the molecule is CNC(=O)c1c(-c2ccc(F)cc2)nn2ccc(-c3cc(C(=O)O)c(OC(F)F)nc3C)c(F)c12. The van der Waals surface area contributed by atoms with Gasteiger partial charge in [0.25, 0.3) is 5.91 Å². The summed E-state index contributed by atoms with van der Waals surface area (Å²) in [4.78, 5) is 28.1. The van der Waals surface area contributed by atoms with E-state index in [0.29, 0.717) is 5.56 Å². The van der Waals surface area contributed by atoms with Crippen molar-refractivity contribution in [1.29, 1.82) is 0 Å². The van der Waals surface area contributed by atoms with Gasteiger partial charge >= 0.3 is 12.6 Å². The van der Waals surface area contributed by atoms with Gasteiger partial charge in [-0.25, -0.2) is 23.1 Å². The molecule has 2 N–H and O–H groups in total. The largest absolute Gasteiger partial charge is 0.477 e. The molecule has 0 aliphatic rings. The van der Waals surface area contributed by atoms with Crippen molar-refractivity contribution in [3.63, 3.8) is 0 Å². The van der Waals surface area contributed by atoms with Crippen molar-refractivity contribution in [3.8, 4) is 28.3 Å². The maximum atomic E-state index is 15.9. The number of rotatable bonds is 6. The number of aromatic carboxylic acids is 1. The lowest BCUT2D eigenvalue weighted by molar-refractivity contribution is -0.0534. The number of aromatic nitrogens is 3. The number of pyridine rings is 2. The lowest BCUT2D eigenvalue weighted by Crippen LogP contribution is -2.18. The standard InChI is InChI=1S/C23H16F4N4O4/c1-10-14(9-15(22(33)34)21(29-10)35-23(26)27)13-7-8-31-19(17(13)25)16(20(32)28-2)18(30-31)11-3-5-12(24)6-4-11/h3-9,23H,1-2H3,(H,28,32)(H,33,34). The van der Waals surface area contributed by atoms with Crippen LogP contribution in [0.5, 0.6) is 5.88 Å². The van der Waals surface area contributed by atoms with Crippen LogP contribution in [0.15, 0.2) is 42.6 Å². The van der Waals surface area contributed by atoms with E-state index in [0.717, 1.165) is 10.6 Å². The molecule has 12 heteroatoms. The van der Waals surface area contributed by atoms with E-state index in [1.165, 1.54) is 50.5 Å². The van der Waals surface area contributed by atoms with E-state index in [4.69, 9.17) is 0 Å². The number of hydrogen-bond acceptors (Lipinski definition) is 5. The number of benzene rings is 1. The van der Waals surface area contributed by atoms with E-state index >= 15 is 4.39 Å². The van der Waals surface area contributed by atoms with Gasteiger partial charge in [0.05, 0.1) is 5.56 Å². The molecule has 4 rings (SSSR count). The normalized spacial score (nSPS) is 11.2. The Balaban J connectivity index is 1.98. The van der Waals surface area contributed by atoms with Crippen LogP contribution in [0.3, 0.4) is 0 Å². The van der Waals surface area contributed by atoms with Crippen molar-refractivity contribution in [2.24, 2.45) is 0 Å². The van der Waals surface area contributed by atoms with Crippen LogP contribution in [0, 0.1) is 18.6 Å². The van der Waals surface area contributed by atoms with Crippen LogP contribution in [0.2, 0.25) is 0 Å². The highest BCUT2D eigenvalue weighted by atomic mass is 19.3. The van der Waals surface area contributed by atoms with Gasteiger partial charge in [0.1, 0.15) is 22.6 Å². The van der Waals surface area contributed by atoms with Crippen LogP contribution in [0.4, 0.5) is 17.6 Å². The highest BCUT2D eigenvalue weighted by Crippen LogP contribution is 2.35. The second-order valence-corrected chi connectivity index (χ2v) is 7.30. The number of hydrogen-bond donors (Lipinski definition) is 2. The van der Waals surface area contributed by atoms with Crippen LogP contribution in [-0.2, 0) is 0 Å². The van der Waals surface area contributed by atoms with Crippen molar-refractivity contribution in [1.82, 2.24) is 19.9 Å². The minimum Gasteiger partial charge on any atom is -0.477 e. The average Bonchev–Trinajstić information content (AvgIpc) is 3.20. The van der Waals surface area contributed by atoms with Crippen LogP contribution >= 0.6 is 0 Å². The predicted molar refractivity (Wildman–Crippen MR) is 115 cm³/mol. The van der Waals surface area contributed by atoms with Gasteiger partial charge in [-0.05, 0) is 43.3 Å². The molecule has 0 spiro atoms. The number of carbonyl (C=O) groups is 2. The van der Waals surface area contributed by atoms with E-state index in [1.54, 1.807) is 0 Å². The number of nitrogens with one attached hydrogen (secondary N) is 1. The minimum absolute atomic E-state index is 0.00802. The summed E-state index contributed by atoms with van der Waals surface area (Å²) in [5.74, 6) is -4.54. The number of halogens is 4. The molecule has 0 aliphatic carbocycles. The third-order valence-electron chi connectivity index (χ3n) is 5.21. The zero-order valence-electron chi connectivity index (χ0n) is 18.1. The molecule has 8 nitrogen and oxygen atoms in total. The smallest absolute Gasteiger partial charge is 0.388 e. The van der Waals surface area contributed by atoms with Gasteiger partial charge in [-0.3, -0.25) is 4.79 Å². The number of fused-ring (bicyclic) bond motifs is 1. The Bertz CT molecular complexity index is 1470. The maximum absolute atomic E-state index is 15.9. The molecule has 4 aromatic rings. The van der Waals surface area contributed by atoms with Crippen molar-refractivity contribution in [3.05, 3.63) is 71.1 Å². The number of alkyl halides is 2. The van der Waals surface area contributed by atoms with E-state index in [9.17, 15) is 27.9 Å². The molecule has 0 atom stereocenters. The summed E-state index contributed by atoms with van der Waals surface area (Å²) >= 11 is 0. The molecule has 0 radical (unpaired) electrons. The Morgan fingerprint density at radius 3 is 2.40 bits per heavy atom. The number of nitrogens with zero attached hydrogens (tertiary/aromatic N) is 3. The minimum atomic E-state index is -3.31. The molecule has 3 aromatic heterocycles. The first-order valence-electron chi connectivity index (χ1n) is 10.0. The first-order chi connectivity index (χ1) is 16.6. The Morgan fingerprint density at radius 2 is 1.80 bits per heavy atom. The Morgan fingerprint density at radius 1 is 1.11 bits per heavy atom. The Hall–Kier alpha value is -4.48. The molecule has 0 aliphatic heterocycles. The number of carboxylic acid groups (broad SMARTS) is 1. The summed E-state index contributed by atoms with van der Waals surface area (Å²) in [6.07, 6.45) is 1.34. The van der Waals surface area contributed by atoms with Gasteiger partial charge in [0, 0.05) is 35.6 Å². The molecule has 0 saturated carbocycles. The van der Waals surface area contributed by atoms with Crippen LogP contribution in [0.25, 0.3) is 27.9 Å². The van der Waals surface area contributed by atoms with E-state index in [2.05, 4.69) is 20.1 Å². The molecule has 3 heterocycles. The lowest BCUT2D eigenvalue weighted by Gasteiger charge is -2.13. The van der Waals surface area contributed by atoms with Crippen molar-refractivity contribution >= 4 is 17.4 Å². The molecule has 0 fully saturated rings. The second-order valence-electron chi connectivity index (χ2n) is 7.30. The van der Waals surface area contributed by atoms with Gasteiger partial charge < -0.3 is 15.2 Å². The van der Waals surface area contributed by atoms with Crippen LogP contribution in [-0.4, -0.2) is 45.2 Å². The molecule has 0 bridgehead atoms. The molecule has 0 unspecified atom stereocenters. The average molecular weight is 488 g/mol. The summed E-state index contributed by atoms with van der Waals surface area (Å²) in [5.41, 5.74) is -0.784. The molecular weight excluding hydrogens is 472 g/mol. The monoisotopic (exact) mass is 488 g/mol. The number of carbonyl (C=O) groups excluding carboxylic acids is 1.